The summed E-state index contributed by atoms with van der Waals surface area (Å²) in [7, 11) is 0. The molecule has 0 saturated heterocycles. The lowest BCUT2D eigenvalue weighted by Crippen LogP contribution is -2.16. The predicted octanol–water partition coefficient (Wildman–Crippen LogP) is 2.74. The van der Waals surface area contributed by atoms with Crippen molar-refractivity contribution in [2.45, 2.75) is 13.5 Å². The normalized spacial score (nSPS) is 13.4. The van der Waals surface area contributed by atoms with Crippen LogP contribution in [0.5, 0.6) is 5.75 Å². The molecule has 0 atom stereocenters. The van der Waals surface area contributed by atoms with Crippen molar-refractivity contribution in [3.63, 3.8) is 0 Å². The number of ether oxygens (including phenoxy) is 1. The molecule has 0 spiro atoms. The second-order valence-electron chi connectivity index (χ2n) is 4.73. The molecule has 1 aromatic carbocycles. The van der Waals surface area contributed by atoms with Gasteiger partial charge < -0.3 is 19.8 Å². The molecule has 0 fully saturated rings. The van der Waals surface area contributed by atoms with E-state index in [1.54, 1.807) is 6.07 Å². The quantitative estimate of drug-likeness (QED) is 0.895. The molecule has 2 heterocycles. The fourth-order valence-electron chi connectivity index (χ4n) is 2.19. The van der Waals surface area contributed by atoms with Crippen molar-refractivity contribution in [3.05, 3.63) is 47.4 Å². The standard InChI is InChI=1S/C15H16N2O3.ClH/c1-10-4-6-20-14(10)15(18)17-12-2-3-13-11(8-12)9-16-5-7-19-13;/h2-4,6,8,16H,5,7,9H2,1H3,(H,17,18);1H. The Kier molecular flexibility index (Phi) is 4.88. The Balaban J connectivity index is 0.00000161. The van der Waals surface area contributed by atoms with Crippen LogP contribution in [0.25, 0.3) is 0 Å². The summed E-state index contributed by atoms with van der Waals surface area (Å²) in [5.41, 5.74) is 2.59. The van der Waals surface area contributed by atoms with Crippen LogP contribution in [0, 0.1) is 6.92 Å². The Labute approximate surface area is 129 Å². The van der Waals surface area contributed by atoms with Gasteiger partial charge in [0.25, 0.3) is 5.91 Å². The van der Waals surface area contributed by atoms with E-state index in [2.05, 4.69) is 10.6 Å². The fourth-order valence-corrected chi connectivity index (χ4v) is 2.19. The van der Waals surface area contributed by atoms with Crippen LogP contribution < -0.4 is 15.4 Å². The number of fused-ring (bicyclic) bond motifs is 1. The number of rotatable bonds is 2. The minimum absolute atomic E-state index is 0. The lowest BCUT2D eigenvalue weighted by atomic mass is 10.1. The van der Waals surface area contributed by atoms with E-state index in [9.17, 15) is 4.79 Å². The first-order valence-electron chi connectivity index (χ1n) is 6.56. The van der Waals surface area contributed by atoms with E-state index in [0.717, 1.165) is 35.7 Å². The van der Waals surface area contributed by atoms with Gasteiger partial charge >= 0.3 is 0 Å². The molecule has 1 aromatic heterocycles. The van der Waals surface area contributed by atoms with Crippen molar-refractivity contribution in [2.75, 3.05) is 18.5 Å². The number of halogens is 1. The van der Waals surface area contributed by atoms with Gasteiger partial charge in [-0.05, 0) is 31.2 Å². The van der Waals surface area contributed by atoms with Crippen molar-refractivity contribution < 1.29 is 13.9 Å². The number of amides is 1. The van der Waals surface area contributed by atoms with Gasteiger partial charge in [0.2, 0.25) is 0 Å². The highest BCUT2D eigenvalue weighted by atomic mass is 35.5. The van der Waals surface area contributed by atoms with E-state index in [1.165, 1.54) is 6.26 Å². The molecule has 6 heteroatoms. The molecule has 0 aliphatic carbocycles. The van der Waals surface area contributed by atoms with Crippen LogP contribution in [0.1, 0.15) is 21.7 Å². The van der Waals surface area contributed by atoms with Gasteiger partial charge in [-0.2, -0.15) is 0 Å². The maximum atomic E-state index is 12.1. The van der Waals surface area contributed by atoms with Gasteiger partial charge in [0.15, 0.2) is 5.76 Å². The maximum Gasteiger partial charge on any atom is 0.291 e. The number of aryl methyl sites for hydroxylation is 1. The number of anilines is 1. The molecule has 1 aliphatic heterocycles. The molecule has 0 bridgehead atoms. The van der Waals surface area contributed by atoms with Crippen LogP contribution in [-0.2, 0) is 6.54 Å². The van der Waals surface area contributed by atoms with E-state index < -0.39 is 0 Å². The minimum atomic E-state index is -0.241. The summed E-state index contributed by atoms with van der Waals surface area (Å²) in [6, 6.07) is 7.40. The van der Waals surface area contributed by atoms with Gasteiger partial charge in [-0.25, -0.2) is 0 Å². The molecule has 5 nitrogen and oxygen atoms in total. The molecule has 2 aromatic rings. The summed E-state index contributed by atoms with van der Waals surface area (Å²) in [4.78, 5) is 12.1. The first-order valence-corrected chi connectivity index (χ1v) is 6.56. The summed E-state index contributed by atoms with van der Waals surface area (Å²) in [6.07, 6.45) is 1.51. The van der Waals surface area contributed by atoms with Gasteiger partial charge in [0.1, 0.15) is 12.4 Å². The molecular weight excluding hydrogens is 292 g/mol. The summed E-state index contributed by atoms with van der Waals surface area (Å²) < 4.78 is 10.8. The third-order valence-corrected chi connectivity index (χ3v) is 3.24. The molecule has 0 radical (unpaired) electrons. The molecule has 112 valence electrons. The Hall–Kier alpha value is -1.98. The number of hydrogen-bond acceptors (Lipinski definition) is 4. The highest BCUT2D eigenvalue weighted by molar-refractivity contribution is 6.03. The van der Waals surface area contributed by atoms with Gasteiger partial charge in [0, 0.05) is 29.9 Å². The van der Waals surface area contributed by atoms with Gasteiger partial charge in [0.05, 0.1) is 6.26 Å². The van der Waals surface area contributed by atoms with Gasteiger partial charge in [-0.1, -0.05) is 0 Å². The predicted molar refractivity (Wildman–Crippen MR) is 82.3 cm³/mol. The van der Waals surface area contributed by atoms with Crippen molar-refractivity contribution >= 4 is 24.0 Å². The van der Waals surface area contributed by atoms with Crippen LogP contribution >= 0.6 is 12.4 Å². The van der Waals surface area contributed by atoms with E-state index >= 15 is 0 Å². The van der Waals surface area contributed by atoms with E-state index in [-0.39, 0.29) is 18.3 Å². The molecule has 2 N–H and O–H groups in total. The van der Waals surface area contributed by atoms with Crippen LogP contribution in [0.4, 0.5) is 5.69 Å². The summed E-state index contributed by atoms with van der Waals surface area (Å²) in [6.45, 7) is 4.05. The molecule has 3 rings (SSSR count). The molecule has 0 unspecified atom stereocenters. The maximum absolute atomic E-state index is 12.1. The Bertz CT molecular complexity index is 640. The Morgan fingerprint density at radius 1 is 1.33 bits per heavy atom. The van der Waals surface area contributed by atoms with Crippen molar-refractivity contribution in [1.82, 2.24) is 5.32 Å². The lowest BCUT2D eigenvalue weighted by molar-refractivity contribution is 0.0996. The number of carbonyl (C=O) groups excluding carboxylic acids is 1. The van der Waals surface area contributed by atoms with Crippen molar-refractivity contribution in [3.8, 4) is 5.75 Å². The highest BCUT2D eigenvalue weighted by Crippen LogP contribution is 2.24. The number of benzene rings is 1. The first-order chi connectivity index (χ1) is 9.74. The van der Waals surface area contributed by atoms with Crippen LogP contribution in [-0.4, -0.2) is 19.1 Å². The Morgan fingerprint density at radius 3 is 2.95 bits per heavy atom. The summed E-state index contributed by atoms with van der Waals surface area (Å²) >= 11 is 0. The lowest BCUT2D eigenvalue weighted by Gasteiger charge is -2.09. The largest absolute Gasteiger partial charge is 0.492 e. The smallest absolute Gasteiger partial charge is 0.291 e. The topological polar surface area (TPSA) is 63.5 Å². The zero-order chi connectivity index (χ0) is 13.9. The summed E-state index contributed by atoms with van der Waals surface area (Å²) in [5.74, 6) is 0.964. The monoisotopic (exact) mass is 308 g/mol. The third-order valence-electron chi connectivity index (χ3n) is 3.24. The Morgan fingerprint density at radius 2 is 2.19 bits per heavy atom. The van der Waals surface area contributed by atoms with Crippen LogP contribution in [0.2, 0.25) is 0 Å². The minimum Gasteiger partial charge on any atom is -0.492 e. The van der Waals surface area contributed by atoms with Crippen molar-refractivity contribution in [2.24, 2.45) is 0 Å². The van der Waals surface area contributed by atoms with Gasteiger partial charge in [-0.15, -0.1) is 12.4 Å². The van der Waals surface area contributed by atoms with Crippen molar-refractivity contribution in [1.29, 1.82) is 0 Å². The van der Waals surface area contributed by atoms with Crippen LogP contribution in [0.15, 0.2) is 34.9 Å². The molecular formula is C15H17ClN2O3. The molecule has 0 saturated carbocycles. The second kappa shape index (κ2) is 6.65. The van der Waals surface area contributed by atoms with E-state index in [4.69, 9.17) is 9.15 Å². The van der Waals surface area contributed by atoms with E-state index in [0.29, 0.717) is 12.4 Å². The van der Waals surface area contributed by atoms with Gasteiger partial charge in [-0.3, -0.25) is 4.79 Å². The highest BCUT2D eigenvalue weighted by Gasteiger charge is 2.14. The zero-order valence-corrected chi connectivity index (χ0v) is 12.5. The SMILES string of the molecule is Cc1ccoc1C(=O)Nc1ccc2c(c1)CNCCO2.Cl. The number of hydrogen-bond donors (Lipinski definition) is 2. The first kappa shape index (κ1) is 15.4. The third kappa shape index (κ3) is 3.37. The molecule has 21 heavy (non-hydrogen) atoms. The average molecular weight is 309 g/mol. The zero-order valence-electron chi connectivity index (χ0n) is 11.6. The van der Waals surface area contributed by atoms with E-state index in [1.807, 2.05) is 25.1 Å². The number of furan rings is 1. The van der Waals surface area contributed by atoms with Crippen LogP contribution in [0.3, 0.4) is 0 Å². The average Bonchev–Trinajstić information content (AvgIpc) is 2.73. The number of nitrogens with one attached hydrogen (secondary N) is 2. The number of carbonyl (C=O) groups is 1. The molecule has 1 aliphatic rings. The summed E-state index contributed by atoms with van der Waals surface area (Å²) in [5, 5.41) is 6.10. The fraction of sp³-hybridized carbons (Fsp3) is 0.267. The second-order valence-corrected chi connectivity index (χ2v) is 4.73. The molecule has 1 amide bonds.